The molecule has 0 unspecified atom stereocenters. The molecular weight excluding hydrogens is 412 g/mol. The van der Waals surface area contributed by atoms with Gasteiger partial charge in [0, 0.05) is 16.7 Å². The molecule has 0 saturated heterocycles. The average molecular weight is 435 g/mol. The topological polar surface area (TPSA) is 41.6 Å². The van der Waals surface area contributed by atoms with Crippen molar-refractivity contribution in [1.82, 2.24) is 5.32 Å². The van der Waals surface area contributed by atoms with Crippen molar-refractivity contribution in [2.75, 3.05) is 18.1 Å². The van der Waals surface area contributed by atoms with Crippen LogP contribution in [0.15, 0.2) is 53.0 Å². The van der Waals surface area contributed by atoms with Crippen LogP contribution >= 0.6 is 28.1 Å². The number of rotatable bonds is 6. The summed E-state index contributed by atoms with van der Waals surface area (Å²) < 4.78 is 6.60. The fourth-order valence-corrected chi connectivity index (χ4v) is 3.03. The van der Waals surface area contributed by atoms with Crippen LogP contribution < -0.4 is 15.0 Å². The number of carbonyl (C=O) groups excluding carboxylic acids is 1. The second-order valence-electron chi connectivity index (χ2n) is 6.18. The first-order valence-electron chi connectivity index (χ1n) is 8.52. The summed E-state index contributed by atoms with van der Waals surface area (Å²) in [6.07, 6.45) is 0. The molecule has 0 aliphatic heterocycles. The van der Waals surface area contributed by atoms with Gasteiger partial charge < -0.3 is 9.64 Å². The van der Waals surface area contributed by atoms with Crippen molar-refractivity contribution in [3.8, 4) is 5.75 Å². The Labute approximate surface area is 168 Å². The SMILES string of the molecule is CCN(C(=S)NC(=O)c1cc(Br)ccc1OCC(C)C)c1ccccc1. The summed E-state index contributed by atoms with van der Waals surface area (Å²) in [5.74, 6) is 0.624. The van der Waals surface area contributed by atoms with E-state index in [2.05, 4.69) is 35.1 Å². The average Bonchev–Trinajstić information content (AvgIpc) is 2.62. The fourth-order valence-electron chi connectivity index (χ4n) is 2.35. The van der Waals surface area contributed by atoms with Crippen molar-refractivity contribution in [2.45, 2.75) is 20.8 Å². The summed E-state index contributed by atoms with van der Waals surface area (Å²) in [7, 11) is 0. The lowest BCUT2D eigenvalue weighted by Gasteiger charge is -2.24. The maximum absolute atomic E-state index is 12.8. The molecular formula is C20H23BrN2O2S. The number of hydrogen-bond acceptors (Lipinski definition) is 3. The van der Waals surface area contributed by atoms with Crippen LogP contribution in [0.2, 0.25) is 0 Å². The molecule has 0 heterocycles. The zero-order chi connectivity index (χ0) is 19.1. The van der Waals surface area contributed by atoms with E-state index in [1.807, 2.05) is 48.2 Å². The van der Waals surface area contributed by atoms with Gasteiger partial charge in [0.05, 0.1) is 12.2 Å². The zero-order valence-electron chi connectivity index (χ0n) is 15.2. The van der Waals surface area contributed by atoms with Crippen molar-refractivity contribution in [2.24, 2.45) is 5.92 Å². The first kappa shape index (κ1) is 20.4. The summed E-state index contributed by atoms with van der Waals surface area (Å²) in [6, 6.07) is 15.1. The molecule has 0 aromatic heterocycles. The predicted molar refractivity (Wildman–Crippen MR) is 114 cm³/mol. The van der Waals surface area contributed by atoms with Crippen LogP contribution in [0.25, 0.3) is 0 Å². The summed E-state index contributed by atoms with van der Waals surface area (Å²) in [4.78, 5) is 14.7. The minimum atomic E-state index is -0.288. The Morgan fingerprint density at radius 2 is 1.92 bits per heavy atom. The number of amides is 1. The smallest absolute Gasteiger partial charge is 0.261 e. The van der Waals surface area contributed by atoms with E-state index in [0.29, 0.717) is 35.5 Å². The van der Waals surface area contributed by atoms with Gasteiger partial charge in [-0.1, -0.05) is 48.0 Å². The number of anilines is 1. The van der Waals surface area contributed by atoms with E-state index in [-0.39, 0.29) is 5.91 Å². The first-order chi connectivity index (χ1) is 12.4. The van der Waals surface area contributed by atoms with Crippen LogP contribution in [-0.2, 0) is 0 Å². The standard InChI is InChI=1S/C20H23BrN2O2S/c1-4-23(16-8-6-5-7-9-16)20(26)22-19(24)17-12-15(21)10-11-18(17)25-13-14(2)3/h5-12,14H,4,13H2,1-3H3,(H,22,24,26). The summed E-state index contributed by atoms with van der Waals surface area (Å²) >= 11 is 8.87. The van der Waals surface area contributed by atoms with Crippen LogP contribution in [0.4, 0.5) is 5.69 Å². The highest BCUT2D eigenvalue weighted by Crippen LogP contribution is 2.24. The molecule has 2 aromatic rings. The van der Waals surface area contributed by atoms with Gasteiger partial charge in [-0.15, -0.1) is 0 Å². The van der Waals surface area contributed by atoms with E-state index in [4.69, 9.17) is 17.0 Å². The van der Waals surface area contributed by atoms with Crippen molar-refractivity contribution < 1.29 is 9.53 Å². The maximum atomic E-state index is 12.8. The van der Waals surface area contributed by atoms with E-state index in [1.54, 1.807) is 12.1 Å². The van der Waals surface area contributed by atoms with Gasteiger partial charge in [-0.25, -0.2) is 0 Å². The Morgan fingerprint density at radius 1 is 1.23 bits per heavy atom. The largest absolute Gasteiger partial charge is 0.492 e. The van der Waals surface area contributed by atoms with E-state index in [9.17, 15) is 4.79 Å². The number of ether oxygens (including phenoxy) is 1. The Hall–Kier alpha value is -1.92. The second kappa shape index (κ2) is 9.69. The van der Waals surface area contributed by atoms with Crippen LogP contribution in [0, 0.1) is 5.92 Å². The quantitative estimate of drug-likeness (QED) is 0.647. The molecule has 2 rings (SSSR count). The van der Waals surface area contributed by atoms with Gasteiger partial charge in [-0.3, -0.25) is 10.1 Å². The van der Waals surface area contributed by atoms with Crippen LogP contribution in [0.5, 0.6) is 5.75 Å². The summed E-state index contributed by atoms with van der Waals surface area (Å²) in [5.41, 5.74) is 1.39. The van der Waals surface area contributed by atoms with Gasteiger partial charge in [0.2, 0.25) is 0 Å². The summed E-state index contributed by atoms with van der Waals surface area (Å²) in [5, 5.41) is 3.18. The minimum Gasteiger partial charge on any atom is -0.492 e. The van der Waals surface area contributed by atoms with Crippen LogP contribution in [0.1, 0.15) is 31.1 Å². The molecule has 0 bridgehead atoms. The van der Waals surface area contributed by atoms with E-state index in [0.717, 1.165) is 10.2 Å². The Kier molecular flexibility index (Phi) is 7.60. The van der Waals surface area contributed by atoms with Crippen LogP contribution in [0.3, 0.4) is 0 Å². The molecule has 138 valence electrons. The highest BCUT2D eigenvalue weighted by molar-refractivity contribution is 9.10. The molecule has 0 fully saturated rings. The summed E-state index contributed by atoms with van der Waals surface area (Å²) in [6.45, 7) is 7.30. The number of hydrogen-bond donors (Lipinski definition) is 1. The normalized spacial score (nSPS) is 10.5. The van der Waals surface area contributed by atoms with E-state index in [1.165, 1.54) is 0 Å². The van der Waals surface area contributed by atoms with Crippen LogP contribution in [-0.4, -0.2) is 24.2 Å². The highest BCUT2D eigenvalue weighted by atomic mass is 79.9. The number of thiocarbonyl (C=S) groups is 1. The lowest BCUT2D eigenvalue weighted by Crippen LogP contribution is -2.42. The molecule has 0 atom stereocenters. The van der Waals surface area contributed by atoms with Gasteiger partial charge in [-0.2, -0.15) is 0 Å². The van der Waals surface area contributed by atoms with E-state index >= 15 is 0 Å². The molecule has 1 amide bonds. The Balaban J connectivity index is 2.18. The molecule has 0 spiro atoms. The van der Waals surface area contributed by atoms with Crippen molar-refractivity contribution in [1.29, 1.82) is 0 Å². The van der Waals surface area contributed by atoms with Gasteiger partial charge in [-0.05, 0) is 55.4 Å². The van der Waals surface area contributed by atoms with E-state index < -0.39 is 0 Å². The third-order valence-electron chi connectivity index (χ3n) is 3.61. The Morgan fingerprint density at radius 3 is 2.54 bits per heavy atom. The Bertz CT molecular complexity index is 766. The minimum absolute atomic E-state index is 0.288. The predicted octanol–water partition coefficient (Wildman–Crippen LogP) is 5.03. The van der Waals surface area contributed by atoms with Crippen molar-refractivity contribution in [3.05, 3.63) is 58.6 Å². The van der Waals surface area contributed by atoms with Gasteiger partial charge in [0.1, 0.15) is 5.75 Å². The second-order valence-corrected chi connectivity index (χ2v) is 7.49. The first-order valence-corrected chi connectivity index (χ1v) is 9.72. The third kappa shape index (κ3) is 5.54. The van der Waals surface area contributed by atoms with Crippen molar-refractivity contribution in [3.63, 3.8) is 0 Å². The van der Waals surface area contributed by atoms with Crippen molar-refractivity contribution >= 4 is 44.9 Å². The molecule has 0 aliphatic carbocycles. The molecule has 0 radical (unpaired) electrons. The monoisotopic (exact) mass is 434 g/mol. The number of benzene rings is 2. The molecule has 26 heavy (non-hydrogen) atoms. The third-order valence-corrected chi connectivity index (χ3v) is 4.42. The molecule has 1 N–H and O–H groups in total. The molecule has 6 heteroatoms. The van der Waals surface area contributed by atoms with Gasteiger partial charge in [0.25, 0.3) is 5.91 Å². The van der Waals surface area contributed by atoms with Gasteiger partial charge in [0.15, 0.2) is 5.11 Å². The molecule has 4 nitrogen and oxygen atoms in total. The lowest BCUT2D eigenvalue weighted by molar-refractivity contribution is 0.0972. The number of carbonyl (C=O) groups is 1. The number of nitrogens with one attached hydrogen (secondary N) is 1. The van der Waals surface area contributed by atoms with Gasteiger partial charge >= 0.3 is 0 Å². The lowest BCUT2D eigenvalue weighted by atomic mass is 10.2. The highest BCUT2D eigenvalue weighted by Gasteiger charge is 2.18. The number of halogens is 1. The maximum Gasteiger partial charge on any atom is 0.261 e. The number of para-hydroxylation sites is 1. The number of nitrogens with zero attached hydrogens (tertiary/aromatic N) is 1. The molecule has 2 aromatic carbocycles. The fraction of sp³-hybridized carbons (Fsp3) is 0.300. The molecule has 0 saturated carbocycles. The zero-order valence-corrected chi connectivity index (χ0v) is 17.6. The molecule has 0 aliphatic rings.